The van der Waals surface area contributed by atoms with Gasteiger partial charge < -0.3 is 24.6 Å². The summed E-state index contributed by atoms with van der Waals surface area (Å²) in [5, 5.41) is 17.9. The molecular weight excluding hydrogens is 491 g/mol. The van der Waals surface area contributed by atoms with Crippen molar-refractivity contribution in [3.05, 3.63) is 0 Å². The summed E-state index contributed by atoms with van der Waals surface area (Å²) in [4.78, 5) is 33.3. The lowest BCUT2D eigenvalue weighted by atomic mass is 10.0. The van der Waals surface area contributed by atoms with Crippen molar-refractivity contribution in [3.8, 4) is 0 Å². The molecule has 0 aromatic carbocycles. The van der Waals surface area contributed by atoms with E-state index in [-0.39, 0.29) is 19.4 Å². The van der Waals surface area contributed by atoms with Crippen molar-refractivity contribution >= 4 is 19.8 Å². The van der Waals surface area contributed by atoms with Crippen LogP contribution in [0.2, 0.25) is 0 Å². The maximum absolute atomic E-state index is 12.0. The van der Waals surface area contributed by atoms with E-state index in [0.717, 1.165) is 19.3 Å². The number of hydrogen-bond acceptors (Lipinski definition) is 9. The van der Waals surface area contributed by atoms with Crippen LogP contribution in [0.5, 0.6) is 0 Å². The Morgan fingerprint density at radius 3 is 1.75 bits per heavy atom. The summed E-state index contributed by atoms with van der Waals surface area (Å²) < 4.78 is 31.4. The Kier molecular flexibility index (Phi) is 22.5. The molecule has 36 heavy (non-hydrogen) atoms. The molecule has 0 radical (unpaired) electrons. The van der Waals surface area contributed by atoms with E-state index in [0.29, 0.717) is 6.42 Å². The Morgan fingerprint density at radius 2 is 1.25 bits per heavy atom. The zero-order chi connectivity index (χ0) is 27.1. The van der Waals surface area contributed by atoms with Crippen molar-refractivity contribution < 1.29 is 47.8 Å². The lowest BCUT2D eigenvalue weighted by Crippen LogP contribution is -2.29. The second-order valence-corrected chi connectivity index (χ2v) is 10.5. The molecule has 3 atom stereocenters. The van der Waals surface area contributed by atoms with E-state index < -0.39 is 51.8 Å². The number of ether oxygens (including phenoxy) is 2. The highest BCUT2D eigenvalue weighted by atomic mass is 31.2. The molecule has 0 aliphatic heterocycles. The van der Waals surface area contributed by atoms with E-state index in [2.05, 4.69) is 11.4 Å². The summed E-state index contributed by atoms with van der Waals surface area (Å²) in [6.45, 7) is 1.69. The van der Waals surface area contributed by atoms with Crippen molar-refractivity contribution in [2.24, 2.45) is 0 Å². The first kappa shape index (κ1) is 35.0. The number of carbonyl (C=O) groups excluding carboxylic acids is 2. The number of aliphatic hydroxyl groups excluding tert-OH is 2. The molecule has 0 amide bonds. The molecule has 3 N–H and O–H groups in total. The number of unbranched alkanes of at least 4 members (excludes halogenated alkanes) is 12. The van der Waals surface area contributed by atoms with E-state index in [4.69, 9.17) is 19.1 Å². The molecule has 11 heteroatoms. The highest BCUT2D eigenvalue weighted by Crippen LogP contribution is 2.43. The molecule has 10 nitrogen and oxygen atoms in total. The Hall–Kier alpha value is -1.03. The van der Waals surface area contributed by atoms with Crippen molar-refractivity contribution in [2.75, 3.05) is 26.4 Å². The molecule has 0 aromatic heterocycles. The summed E-state index contributed by atoms with van der Waals surface area (Å²) >= 11 is 0. The smallest absolute Gasteiger partial charge is 0.462 e. The maximum atomic E-state index is 12.0. The largest absolute Gasteiger partial charge is 0.472 e. The zero-order valence-corrected chi connectivity index (χ0v) is 23.1. The van der Waals surface area contributed by atoms with E-state index in [1.54, 1.807) is 6.92 Å². The first-order valence-electron chi connectivity index (χ1n) is 13.5. The third-order valence-corrected chi connectivity index (χ3v) is 6.52. The Labute approximate surface area is 216 Å². The lowest BCUT2D eigenvalue weighted by Gasteiger charge is -2.20. The lowest BCUT2D eigenvalue weighted by molar-refractivity contribution is -0.161. The third kappa shape index (κ3) is 22.2. The SMILES string of the molecule is CCCCCCCCCCCCCCCC(=O)OC[C@H](COP(=O)(O)OC[C@@H](O)CO)OC(=O)CC. The van der Waals surface area contributed by atoms with Crippen LogP contribution in [-0.4, -0.2) is 65.7 Å². The molecule has 0 aromatic rings. The average Bonchev–Trinajstić information content (AvgIpc) is 2.86. The highest BCUT2D eigenvalue weighted by Gasteiger charge is 2.26. The van der Waals surface area contributed by atoms with Gasteiger partial charge in [-0.15, -0.1) is 0 Å². The molecule has 0 aliphatic rings. The fraction of sp³-hybridized carbons (Fsp3) is 0.920. The van der Waals surface area contributed by atoms with Gasteiger partial charge in [-0.3, -0.25) is 18.6 Å². The molecule has 1 unspecified atom stereocenters. The van der Waals surface area contributed by atoms with Crippen LogP contribution >= 0.6 is 7.82 Å². The van der Waals surface area contributed by atoms with E-state index >= 15 is 0 Å². The number of carbonyl (C=O) groups is 2. The first-order valence-corrected chi connectivity index (χ1v) is 15.0. The van der Waals surface area contributed by atoms with Gasteiger partial charge in [-0.05, 0) is 6.42 Å². The minimum atomic E-state index is -4.56. The minimum absolute atomic E-state index is 0.0688. The molecule has 0 spiro atoms. The predicted octanol–water partition coefficient (Wildman–Crippen LogP) is 4.82. The van der Waals surface area contributed by atoms with Crippen molar-refractivity contribution in [3.63, 3.8) is 0 Å². The van der Waals surface area contributed by atoms with Crippen LogP contribution in [0.15, 0.2) is 0 Å². The number of rotatable bonds is 25. The van der Waals surface area contributed by atoms with Gasteiger partial charge in [-0.2, -0.15) is 0 Å². The van der Waals surface area contributed by atoms with Gasteiger partial charge in [0.25, 0.3) is 0 Å². The molecule has 0 aliphatic carbocycles. The fourth-order valence-electron chi connectivity index (χ4n) is 3.38. The third-order valence-electron chi connectivity index (χ3n) is 5.57. The summed E-state index contributed by atoms with van der Waals surface area (Å²) in [6, 6.07) is 0. The van der Waals surface area contributed by atoms with Gasteiger partial charge in [-0.1, -0.05) is 90.9 Å². The summed E-state index contributed by atoms with van der Waals surface area (Å²) in [6.07, 6.45) is 13.6. The number of phosphoric acid groups is 1. The second kappa shape index (κ2) is 23.1. The Balaban J connectivity index is 4.02. The van der Waals surface area contributed by atoms with E-state index in [9.17, 15) is 24.2 Å². The molecule has 0 saturated carbocycles. The molecule has 0 bridgehead atoms. The number of phosphoric ester groups is 1. The Morgan fingerprint density at radius 1 is 0.750 bits per heavy atom. The average molecular weight is 541 g/mol. The molecule has 0 fully saturated rings. The summed E-state index contributed by atoms with van der Waals surface area (Å²) in [5.41, 5.74) is 0. The predicted molar refractivity (Wildman–Crippen MR) is 136 cm³/mol. The van der Waals surface area contributed by atoms with Crippen LogP contribution in [0.25, 0.3) is 0 Å². The normalized spacial score (nSPS) is 14.7. The van der Waals surface area contributed by atoms with E-state index in [1.165, 1.54) is 57.8 Å². The number of hydrogen-bond donors (Lipinski definition) is 3. The van der Waals surface area contributed by atoms with Crippen molar-refractivity contribution in [1.82, 2.24) is 0 Å². The van der Waals surface area contributed by atoms with Crippen LogP contribution in [0.1, 0.15) is 110 Å². The molecule has 0 rings (SSSR count). The molecule has 0 saturated heterocycles. The number of aliphatic hydroxyl groups is 2. The quantitative estimate of drug-likeness (QED) is 0.0836. The molecular formula is C25H49O10P. The zero-order valence-electron chi connectivity index (χ0n) is 22.2. The van der Waals surface area contributed by atoms with Crippen molar-refractivity contribution in [2.45, 2.75) is 122 Å². The minimum Gasteiger partial charge on any atom is -0.462 e. The monoisotopic (exact) mass is 540 g/mol. The van der Waals surface area contributed by atoms with Crippen LogP contribution in [0.4, 0.5) is 0 Å². The van der Waals surface area contributed by atoms with Gasteiger partial charge in [0, 0.05) is 12.8 Å². The fourth-order valence-corrected chi connectivity index (χ4v) is 4.17. The summed E-state index contributed by atoms with van der Waals surface area (Å²) in [5.74, 6) is -1.02. The van der Waals surface area contributed by atoms with Gasteiger partial charge in [0.15, 0.2) is 6.10 Å². The van der Waals surface area contributed by atoms with E-state index in [1.807, 2.05) is 0 Å². The maximum Gasteiger partial charge on any atom is 0.472 e. The van der Waals surface area contributed by atoms with Gasteiger partial charge in [0.1, 0.15) is 12.7 Å². The van der Waals surface area contributed by atoms with Crippen LogP contribution in [0.3, 0.4) is 0 Å². The van der Waals surface area contributed by atoms with Crippen molar-refractivity contribution in [1.29, 1.82) is 0 Å². The second-order valence-electron chi connectivity index (χ2n) is 9.04. The Bertz CT molecular complexity index is 601. The summed E-state index contributed by atoms with van der Waals surface area (Å²) in [7, 11) is -4.56. The number of esters is 2. The van der Waals surface area contributed by atoms with Crippen LogP contribution < -0.4 is 0 Å². The van der Waals surface area contributed by atoms with Crippen LogP contribution in [0, 0.1) is 0 Å². The van der Waals surface area contributed by atoms with Crippen LogP contribution in [-0.2, 0) is 32.7 Å². The molecule has 0 heterocycles. The van der Waals surface area contributed by atoms with Gasteiger partial charge in [0.05, 0.1) is 19.8 Å². The first-order chi connectivity index (χ1) is 17.2. The standard InChI is InChI=1S/C25H49O10P/c1-3-5-6-7-8-9-10-11-12-13-14-15-16-17-25(29)32-20-23(35-24(28)4-2)21-34-36(30,31)33-19-22(27)18-26/h22-23,26-27H,3-21H2,1-2H3,(H,30,31)/t22-,23+/m0/s1. The van der Waals surface area contributed by atoms with Gasteiger partial charge in [0.2, 0.25) is 0 Å². The van der Waals surface area contributed by atoms with Gasteiger partial charge in [-0.25, -0.2) is 4.57 Å². The molecule has 214 valence electrons. The van der Waals surface area contributed by atoms with Gasteiger partial charge >= 0.3 is 19.8 Å². The topological polar surface area (TPSA) is 149 Å². The highest BCUT2D eigenvalue weighted by molar-refractivity contribution is 7.47.